The lowest BCUT2D eigenvalue weighted by Gasteiger charge is -2.35. The summed E-state index contributed by atoms with van der Waals surface area (Å²) in [5, 5.41) is 23.3. The Morgan fingerprint density at radius 2 is 1.78 bits per heavy atom. The van der Waals surface area contributed by atoms with Gasteiger partial charge in [-0.25, -0.2) is 18.2 Å². The molecule has 4 rings (SSSR count). The van der Waals surface area contributed by atoms with Gasteiger partial charge in [-0.3, -0.25) is 4.79 Å². The van der Waals surface area contributed by atoms with Gasteiger partial charge < -0.3 is 20.6 Å². The average molecular weight is 713 g/mol. The highest BCUT2D eigenvalue weighted by atomic mass is 32.2. The molecule has 49 heavy (non-hydrogen) atoms. The number of benzene rings is 2. The minimum atomic E-state index is -4.03. The van der Waals surface area contributed by atoms with Gasteiger partial charge in [0.2, 0.25) is 15.9 Å². The van der Waals surface area contributed by atoms with E-state index in [1.807, 2.05) is 56.5 Å². The van der Waals surface area contributed by atoms with Crippen molar-refractivity contribution in [2.24, 2.45) is 17.0 Å². The first-order valence-electron chi connectivity index (χ1n) is 16.7. The minimum Gasteiger partial charge on any atom is -0.390 e. The summed E-state index contributed by atoms with van der Waals surface area (Å²) in [5.41, 5.74) is 2.20. The SMILES string of the molecule is CC[C@H](C)[C@H](NC(=O)N(C)Cc1csc(C)n1)C(=O)N[C@@H](Cc1ccccc1)[C@H](O)CN(CC1CCC1)S(=O)(=O)c1ccc(CN=O)cc1. The van der Waals surface area contributed by atoms with Gasteiger partial charge in [-0.05, 0) is 61.3 Å². The maximum atomic E-state index is 14.0. The van der Waals surface area contributed by atoms with Crippen molar-refractivity contribution in [3.05, 3.63) is 86.7 Å². The first-order chi connectivity index (χ1) is 23.4. The highest BCUT2D eigenvalue weighted by Gasteiger charge is 2.35. The number of carbonyl (C=O) groups is 2. The molecule has 4 atom stereocenters. The highest BCUT2D eigenvalue weighted by Crippen LogP contribution is 2.30. The fraction of sp³-hybridized carbons (Fsp3) is 0.514. The zero-order valence-electron chi connectivity index (χ0n) is 28.6. The van der Waals surface area contributed by atoms with E-state index < -0.39 is 40.1 Å². The van der Waals surface area contributed by atoms with Crippen LogP contribution in [0.2, 0.25) is 0 Å². The number of aliphatic hydroxyl groups is 1. The average Bonchev–Trinajstić information content (AvgIpc) is 3.48. The molecular formula is C35H48N6O6S2. The second-order valence-corrected chi connectivity index (χ2v) is 15.9. The first kappa shape index (κ1) is 38.1. The molecule has 0 unspecified atom stereocenters. The predicted octanol–water partition coefficient (Wildman–Crippen LogP) is 4.85. The van der Waals surface area contributed by atoms with Crippen LogP contribution in [-0.2, 0) is 34.3 Å². The molecule has 3 amide bonds. The molecule has 0 spiro atoms. The monoisotopic (exact) mass is 712 g/mol. The van der Waals surface area contributed by atoms with Crippen molar-refractivity contribution in [3.8, 4) is 0 Å². The van der Waals surface area contributed by atoms with Gasteiger partial charge in [0.1, 0.15) is 12.6 Å². The summed E-state index contributed by atoms with van der Waals surface area (Å²) in [4.78, 5) is 43.9. The number of hydrogen-bond acceptors (Lipinski definition) is 9. The lowest BCUT2D eigenvalue weighted by molar-refractivity contribution is -0.125. The van der Waals surface area contributed by atoms with Crippen LogP contribution in [0.3, 0.4) is 0 Å². The number of carbonyl (C=O) groups excluding carboxylic acids is 2. The summed E-state index contributed by atoms with van der Waals surface area (Å²) in [7, 11) is -2.39. The van der Waals surface area contributed by atoms with Crippen molar-refractivity contribution < 1.29 is 23.1 Å². The minimum absolute atomic E-state index is 0.0498. The Balaban J connectivity index is 1.56. The van der Waals surface area contributed by atoms with Gasteiger partial charge in [-0.1, -0.05) is 74.3 Å². The van der Waals surface area contributed by atoms with Crippen molar-refractivity contribution in [2.45, 2.75) is 89.0 Å². The van der Waals surface area contributed by atoms with Crippen LogP contribution < -0.4 is 10.6 Å². The molecule has 12 nitrogen and oxygen atoms in total. The molecule has 1 aliphatic carbocycles. The van der Waals surface area contributed by atoms with Crippen molar-refractivity contribution in [2.75, 3.05) is 20.1 Å². The van der Waals surface area contributed by atoms with Crippen LogP contribution in [0.5, 0.6) is 0 Å². The lowest BCUT2D eigenvalue weighted by atomic mass is 9.85. The number of aliphatic hydroxyl groups excluding tert-OH is 1. The zero-order chi connectivity index (χ0) is 35.6. The second-order valence-electron chi connectivity index (χ2n) is 12.9. The number of sulfonamides is 1. The Labute approximate surface area is 293 Å². The smallest absolute Gasteiger partial charge is 0.318 e. The fourth-order valence-corrected chi connectivity index (χ4v) is 7.86. The van der Waals surface area contributed by atoms with E-state index in [1.165, 1.54) is 32.7 Å². The van der Waals surface area contributed by atoms with E-state index in [4.69, 9.17) is 0 Å². The maximum absolute atomic E-state index is 14.0. The number of nitrogens with one attached hydrogen (secondary N) is 2. The third kappa shape index (κ3) is 10.6. The topological polar surface area (TPSA) is 161 Å². The molecule has 1 heterocycles. The van der Waals surface area contributed by atoms with Gasteiger partial charge in [0.15, 0.2) is 0 Å². The quantitative estimate of drug-likeness (QED) is 0.159. The van der Waals surface area contributed by atoms with Gasteiger partial charge in [-0.15, -0.1) is 11.3 Å². The molecule has 1 fully saturated rings. The van der Waals surface area contributed by atoms with E-state index in [0.717, 1.165) is 35.5 Å². The summed E-state index contributed by atoms with van der Waals surface area (Å²) >= 11 is 1.50. The Morgan fingerprint density at radius 1 is 1.08 bits per heavy atom. The van der Waals surface area contributed by atoms with Crippen molar-refractivity contribution in [1.29, 1.82) is 0 Å². The zero-order valence-corrected chi connectivity index (χ0v) is 30.3. The fourth-order valence-electron chi connectivity index (χ4n) is 5.73. The number of aromatic nitrogens is 1. The summed E-state index contributed by atoms with van der Waals surface area (Å²) in [6.45, 7) is 5.91. The molecular weight excluding hydrogens is 665 g/mol. The van der Waals surface area contributed by atoms with Crippen LogP contribution in [0, 0.1) is 23.7 Å². The van der Waals surface area contributed by atoms with Gasteiger partial charge in [0, 0.05) is 25.5 Å². The van der Waals surface area contributed by atoms with Gasteiger partial charge in [0.05, 0.1) is 34.3 Å². The molecule has 3 aromatic rings. The second kappa shape index (κ2) is 17.8. The summed E-state index contributed by atoms with van der Waals surface area (Å²) in [6.07, 6.45) is 2.37. The van der Waals surface area contributed by atoms with E-state index in [2.05, 4.69) is 20.8 Å². The normalized spacial score (nSPS) is 15.9. The van der Waals surface area contributed by atoms with E-state index in [0.29, 0.717) is 12.0 Å². The summed E-state index contributed by atoms with van der Waals surface area (Å²) in [5.74, 6) is -0.535. The number of nitrogens with zero attached hydrogens (tertiary/aromatic N) is 4. The molecule has 2 aromatic carbocycles. The number of rotatable bonds is 18. The standard InChI is InChI=1S/C35H48N6O6S2/c1-5-24(2)33(39-35(44)40(4)21-29-23-48-25(3)37-29)34(43)38-31(18-26-10-7-6-8-11-26)32(42)22-41(20-28-12-9-13-28)49(46,47)30-16-14-27(15-17-30)19-36-45/h6-8,10-11,14-17,23-24,28,31-33,42H,5,9,12-13,18-22H2,1-4H3,(H,38,43)(H,39,44)/t24-,31-,32+,33-/m0/s1. The number of hydrogen-bond donors (Lipinski definition) is 3. The number of nitroso groups, excluding NO2 is 1. The molecule has 266 valence electrons. The van der Waals surface area contributed by atoms with Crippen LogP contribution in [0.25, 0.3) is 0 Å². The molecule has 0 saturated heterocycles. The van der Waals surface area contributed by atoms with Crippen LogP contribution in [0.1, 0.15) is 61.4 Å². The number of aryl methyl sites for hydroxylation is 1. The maximum Gasteiger partial charge on any atom is 0.318 e. The van der Waals surface area contributed by atoms with Crippen molar-refractivity contribution in [3.63, 3.8) is 0 Å². The third-order valence-corrected chi connectivity index (χ3v) is 11.8. The Bertz CT molecular complexity index is 1630. The van der Waals surface area contributed by atoms with E-state index in [9.17, 15) is 28.0 Å². The molecule has 1 saturated carbocycles. The molecule has 14 heteroatoms. The molecule has 0 bridgehead atoms. The van der Waals surface area contributed by atoms with Crippen molar-refractivity contribution in [1.82, 2.24) is 24.8 Å². The Kier molecular flexibility index (Phi) is 13.8. The summed E-state index contributed by atoms with van der Waals surface area (Å²) < 4.78 is 29.2. The van der Waals surface area contributed by atoms with Gasteiger partial charge in [0.25, 0.3) is 0 Å². The number of thiazole rings is 1. The first-order valence-corrected chi connectivity index (χ1v) is 19.1. The molecule has 3 N–H and O–H groups in total. The molecule has 0 aliphatic heterocycles. The van der Waals surface area contributed by atoms with E-state index in [-0.39, 0.29) is 49.3 Å². The third-order valence-electron chi connectivity index (χ3n) is 9.16. The molecule has 0 radical (unpaired) electrons. The Hall–Kier alpha value is -3.72. The van der Waals surface area contributed by atoms with Crippen molar-refractivity contribution >= 4 is 33.3 Å². The van der Waals surface area contributed by atoms with Crippen LogP contribution in [0.4, 0.5) is 4.79 Å². The Morgan fingerprint density at radius 3 is 2.35 bits per heavy atom. The van der Waals surface area contributed by atoms with Gasteiger partial charge in [-0.2, -0.15) is 9.21 Å². The largest absolute Gasteiger partial charge is 0.390 e. The lowest BCUT2D eigenvalue weighted by Crippen LogP contribution is -2.58. The van der Waals surface area contributed by atoms with Crippen LogP contribution >= 0.6 is 11.3 Å². The highest BCUT2D eigenvalue weighted by molar-refractivity contribution is 7.89. The number of amides is 3. The van der Waals surface area contributed by atoms with Crippen LogP contribution in [-0.4, -0.2) is 78.0 Å². The van der Waals surface area contributed by atoms with Gasteiger partial charge >= 0.3 is 6.03 Å². The van der Waals surface area contributed by atoms with Crippen LogP contribution in [0.15, 0.2) is 70.0 Å². The van der Waals surface area contributed by atoms with E-state index >= 15 is 0 Å². The van der Waals surface area contributed by atoms with E-state index in [1.54, 1.807) is 19.2 Å². The number of urea groups is 1. The molecule has 1 aromatic heterocycles. The molecule has 1 aliphatic rings. The predicted molar refractivity (Wildman–Crippen MR) is 190 cm³/mol. The summed E-state index contributed by atoms with van der Waals surface area (Å²) in [6, 6.07) is 13.2.